The molecule has 0 aromatic carbocycles. The van der Waals surface area contributed by atoms with Gasteiger partial charge in [-0.15, -0.1) is 0 Å². The molecule has 1 rings (SSSR count). The topological polar surface area (TPSA) is 77.3 Å². The normalized spacial score (nSPS) is 15.0. The molecule has 170 valence electrons. The Morgan fingerprint density at radius 3 is 1.63 bits per heavy atom. The van der Waals surface area contributed by atoms with Gasteiger partial charge in [-0.25, -0.2) is 0 Å². The molecule has 1 aliphatic carbocycles. The van der Waals surface area contributed by atoms with Gasteiger partial charge in [0.1, 0.15) is 0 Å². The van der Waals surface area contributed by atoms with Crippen LogP contribution in [0.3, 0.4) is 0 Å². The van der Waals surface area contributed by atoms with Crippen LogP contribution in [0.25, 0.3) is 0 Å². The highest BCUT2D eigenvalue weighted by atomic mass is 16.6. The van der Waals surface area contributed by atoms with Crippen LogP contribution in [0.4, 0.5) is 0 Å². The highest BCUT2D eigenvalue weighted by Crippen LogP contribution is 2.34. The Morgan fingerprint density at radius 1 is 0.800 bits per heavy atom. The number of carbonyl (C=O) groups is 2. The fourth-order valence-corrected chi connectivity index (χ4v) is 3.98. The van der Waals surface area contributed by atoms with Crippen LogP contribution in [-0.2, 0) is 9.59 Å². The van der Waals surface area contributed by atoms with E-state index in [0.717, 1.165) is 19.3 Å². The molecular formula is C25H41NO4. The molecular weight excluding hydrogens is 378 g/mol. The summed E-state index contributed by atoms with van der Waals surface area (Å²) in [5, 5.41) is 11.5. The Kier molecular flexibility index (Phi) is 11.8. The zero-order valence-electron chi connectivity index (χ0n) is 19.6. The summed E-state index contributed by atoms with van der Waals surface area (Å²) < 4.78 is 0. The summed E-state index contributed by atoms with van der Waals surface area (Å²) in [7, 11) is 0. The molecule has 0 heterocycles. The van der Waals surface area contributed by atoms with Crippen molar-refractivity contribution in [2.45, 2.75) is 118 Å². The zero-order chi connectivity index (χ0) is 22.6. The van der Waals surface area contributed by atoms with Crippen LogP contribution in [0, 0.1) is 15.5 Å². The van der Waals surface area contributed by atoms with Crippen molar-refractivity contribution < 1.29 is 14.5 Å². The van der Waals surface area contributed by atoms with Gasteiger partial charge in [-0.05, 0) is 24.3 Å². The molecule has 0 radical (unpaired) electrons. The van der Waals surface area contributed by atoms with Gasteiger partial charge in [0.05, 0.1) is 10.5 Å². The minimum absolute atomic E-state index is 0.0843. The SMILES string of the molecule is CCCCCCCCCCCCCCCC1=C([N+](=O)[O-])C(=O)C(C(C)(C)C)=CC1=O. The molecule has 0 aliphatic heterocycles. The molecule has 0 bridgehead atoms. The molecule has 0 N–H and O–H groups in total. The van der Waals surface area contributed by atoms with E-state index in [4.69, 9.17) is 0 Å². The number of unbranched alkanes of at least 4 members (excludes halogenated alkanes) is 12. The number of nitro groups is 1. The summed E-state index contributed by atoms with van der Waals surface area (Å²) in [6.45, 7) is 7.61. The number of ketones is 2. The number of Topliss-reactive ketones (excluding diaryl/α,β-unsaturated/α-hetero) is 1. The molecule has 0 saturated carbocycles. The monoisotopic (exact) mass is 419 g/mol. The van der Waals surface area contributed by atoms with Crippen molar-refractivity contribution in [1.29, 1.82) is 0 Å². The van der Waals surface area contributed by atoms with Crippen LogP contribution < -0.4 is 0 Å². The molecule has 0 aromatic heterocycles. The summed E-state index contributed by atoms with van der Waals surface area (Å²) in [5.41, 5.74) is -0.782. The van der Waals surface area contributed by atoms with E-state index in [1.807, 2.05) is 0 Å². The second kappa shape index (κ2) is 13.5. The van der Waals surface area contributed by atoms with Crippen LogP contribution in [0.15, 0.2) is 22.9 Å². The third kappa shape index (κ3) is 8.93. The number of hydrogen-bond acceptors (Lipinski definition) is 4. The van der Waals surface area contributed by atoms with E-state index >= 15 is 0 Å². The Bertz CT molecular complexity index is 653. The first kappa shape index (κ1) is 26.3. The molecule has 5 heteroatoms. The van der Waals surface area contributed by atoms with Gasteiger partial charge >= 0.3 is 5.70 Å². The smallest absolute Gasteiger partial charge is 0.289 e. The molecule has 30 heavy (non-hydrogen) atoms. The van der Waals surface area contributed by atoms with Gasteiger partial charge in [-0.1, -0.05) is 105 Å². The number of nitrogens with zero attached hydrogens (tertiary/aromatic N) is 1. The minimum Gasteiger partial charge on any atom is -0.289 e. The fraction of sp³-hybridized carbons (Fsp3) is 0.760. The van der Waals surface area contributed by atoms with Gasteiger partial charge in [-0.2, -0.15) is 0 Å². The first-order valence-corrected chi connectivity index (χ1v) is 11.9. The summed E-state index contributed by atoms with van der Waals surface area (Å²) in [6, 6.07) is 0. The van der Waals surface area contributed by atoms with Gasteiger partial charge in [0.2, 0.25) is 0 Å². The average molecular weight is 420 g/mol. The third-order valence-electron chi connectivity index (χ3n) is 5.84. The van der Waals surface area contributed by atoms with Crippen molar-refractivity contribution in [2.75, 3.05) is 0 Å². The number of allylic oxidation sites excluding steroid dienone is 3. The van der Waals surface area contributed by atoms with Crippen molar-refractivity contribution in [1.82, 2.24) is 0 Å². The average Bonchev–Trinajstić information content (AvgIpc) is 2.66. The molecule has 0 unspecified atom stereocenters. The lowest BCUT2D eigenvalue weighted by Gasteiger charge is -2.23. The molecule has 5 nitrogen and oxygen atoms in total. The molecule has 0 saturated heterocycles. The van der Waals surface area contributed by atoms with Gasteiger partial charge in [0.15, 0.2) is 5.78 Å². The van der Waals surface area contributed by atoms with Crippen molar-refractivity contribution in [2.24, 2.45) is 5.41 Å². The molecule has 0 amide bonds. The maximum absolute atomic E-state index is 12.6. The van der Waals surface area contributed by atoms with Crippen LogP contribution in [0.1, 0.15) is 118 Å². The van der Waals surface area contributed by atoms with Crippen molar-refractivity contribution >= 4 is 11.6 Å². The van der Waals surface area contributed by atoms with Gasteiger partial charge in [0.25, 0.3) is 5.78 Å². The maximum Gasteiger partial charge on any atom is 0.323 e. The van der Waals surface area contributed by atoms with Gasteiger partial charge in [-0.3, -0.25) is 19.7 Å². The molecule has 0 atom stereocenters. The zero-order valence-corrected chi connectivity index (χ0v) is 19.6. The van der Waals surface area contributed by atoms with E-state index in [9.17, 15) is 19.7 Å². The van der Waals surface area contributed by atoms with E-state index in [2.05, 4.69) is 6.92 Å². The minimum atomic E-state index is -0.670. The number of rotatable bonds is 15. The quantitative estimate of drug-likeness (QED) is 0.122. The lowest BCUT2D eigenvalue weighted by Crippen LogP contribution is -2.29. The van der Waals surface area contributed by atoms with Crippen molar-refractivity contribution in [3.05, 3.63) is 33.0 Å². The van der Waals surface area contributed by atoms with E-state index in [1.54, 1.807) is 20.8 Å². The Balaban J connectivity index is 2.32. The standard InChI is InChI=1S/C25H41NO4/c1-5-6-7-8-9-10-11-12-13-14-15-16-17-18-20-22(27)19-21(25(2,3)4)24(28)23(20)26(29)30/h19H,5-18H2,1-4H3. The second-order valence-electron chi connectivity index (χ2n) is 9.58. The summed E-state index contributed by atoms with van der Waals surface area (Å²) >= 11 is 0. The number of hydrogen-bond donors (Lipinski definition) is 0. The maximum atomic E-state index is 12.6. The Hall–Kier alpha value is -1.78. The van der Waals surface area contributed by atoms with Gasteiger partial charge < -0.3 is 0 Å². The molecule has 0 spiro atoms. The fourth-order valence-electron chi connectivity index (χ4n) is 3.98. The van der Waals surface area contributed by atoms with E-state index in [0.29, 0.717) is 12.8 Å². The second-order valence-corrected chi connectivity index (χ2v) is 9.58. The molecule has 1 aliphatic rings. The predicted octanol–water partition coefficient (Wildman–Crippen LogP) is 7.12. The van der Waals surface area contributed by atoms with Crippen molar-refractivity contribution in [3.8, 4) is 0 Å². The predicted molar refractivity (Wildman–Crippen MR) is 122 cm³/mol. The van der Waals surface area contributed by atoms with Crippen LogP contribution >= 0.6 is 0 Å². The van der Waals surface area contributed by atoms with Crippen LogP contribution in [0.2, 0.25) is 0 Å². The summed E-state index contributed by atoms with van der Waals surface area (Å²) in [6.07, 6.45) is 17.4. The van der Waals surface area contributed by atoms with Crippen LogP contribution in [0.5, 0.6) is 0 Å². The lowest BCUT2D eigenvalue weighted by atomic mass is 9.78. The lowest BCUT2D eigenvalue weighted by molar-refractivity contribution is -0.419. The van der Waals surface area contributed by atoms with Gasteiger partial charge in [0, 0.05) is 5.57 Å². The summed E-state index contributed by atoms with van der Waals surface area (Å²) in [5.74, 6) is -0.970. The Labute approximate surface area is 182 Å². The van der Waals surface area contributed by atoms with Crippen molar-refractivity contribution in [3.63, 3.8) is 0 Å². The van der Waals surface area contributed by atoms with E-state index in [-0.39, 0.29) is 16.9 Å². The number of carbonyl (C=O) groups excluding carboxylic acids is 2. The largest absolute Gasteiger partial charge is 0.323 e. The highest BCUT2D eigenvalue weighted by Gasteiger charge is 2.40. The Morgan fingerprint density at radius 2 is 1.23 bits per heavy atom. The first-order valence-electron chi connectivity index (χ1n) is 11.9. The van der Waals surface area contributed by atoms with E-state index in [1.165, 1.54) is 63.9 Å². The van der Waals surface area contributed by atoms with E-state index < -0.39 is 21.8 Å². The molecule has 0 aromatic rings. The van der Waals surface area contributed by atoms with Crippen LogP contribution in [-0.4, -0.2) is 16.5 Å². The highest BCUT2D eigenvalue weighted by molar-refractivity contribution is 6.22. The third-order valence-corrected chi connectivity index (χ3v) is 5.84. The summed E-state index contributed by atoms with van der Waals surface area (Å²) in [4.78, 5) is 35.9. The molecule has 0 fully saturated rings. The first-order chi connectivity index (χ1) is 14.2.